The molecule has 0 aliphatic carbocycles. The van der Waals surface area contributed by atoms with Gasteiger partial charge in [-0.3, -0.25) is 19.8 Å². The van der Waals surface area contributed by atoms with E-state index in [4.69, 9.17) is 0 Å². The van der Waals surface area contributed by atoms with Gasteiger partial charge in [0.1, 0.15) is 0 Å². The molecule has 21 heavy (non-hydrogen) atoms. The van der Waals surface area contributed by atoms with Crippen molar-refractivity contribution < 1.29 is 14.4 Å². The van der Waals surface area contributed by atoms with E-state index in [1.54, 1.807) is 24.3 Å². The Morgan fingerprint density at radius 3 is 2.05 bits per heavy atom. The minimum atomic E-state index is -0.558. The maximum absolute atomic E-state index is 12.0. The Morgan fingerprint density at radius 1 is 0.905 bits per heavy atom. The first-order valence-corrected chi connectivity index (χ1v) is 6.26. The summed E-state index contributed by atoms with van der Waals surface area (Å²) >= 11 is 0. The van der Waals surface area contributed by atoms with Crippen LogP contribution in [0.3, 0.4) is 0 Å². The second kappa shape index (κ2) is 5.09. The first-order valence-electron chi connectivity index (χ1n) is 6.26. The van der Waals surface area contributed by atoms with Gasteiger partial charge in [0, 0.05) is 35.8 Å². The SMILES string of the molecule is O=C(NN1C(=O)C=CC1=O)c1ccc(-n2cccc2)cc1. The molecular formula is C15H11N3O3. The average Bonchev–Trinajstić information content (AvgIpc) is 3.13. The Morgan fingerprint density at radius 2 is 1.48 bits per heavy atom. The van der Waals surface area contributed by atoms with E-state index in [2.05, 4.69) is 5.43 Å². The predicted molar refractivity (Wildman–Crippen MR) is 74.2 cm³/mol. The number of carbonyl (C=O) groups is 3. The number of benzene rings is 1. The summed E-state index contributed by atoms with van der Waals surface area (Å²) in [6.45, 7) is 0. The number of amides is 3. The van der Waals surface area contributed by atoms with Gasteiger partial charge < -0.3 is 4.57 Å². The number of hydrogen-bond acceptors (Lipinski definition) is 3. The lowest BCUT2D eigenvalue weighted by Gasteiger charge is -2.15. The molecule has 3 amide bonds. The second-order valence-corrected chi connectivity index (χ2v) is 4.42. The third-order valence-electron chi connectivity index (χ3n) is 3.05. The van der Waals surface area contributed by atoms with Crippen LogP contribution in [0, 0.1) is 0 Å². The normalized spacial score (nSPS) is 13.8. The largest absolute Gasteiger partial charge is 0.324 e. The van der Waals surface area contributed by atoms with Gasteiger partial charge in [0.2, 0.25) is 0 Å². The molecule has 0 radical (unpaired) electrons. The fourth-order valence-corrected chi connectivity index (χ4v) is 1.97. The van der Waals surface area contributed by atoms with E-state index >= 15 is 0 Å². The van der Waals surface area contributed by atoms with Crippen molar-refractivity contribution >= 4 is 17.7 Å². The lowest BCUT2D eigenvalue weighted by atomic mass is 10.2. The molecule has 2 heterocycles. The summed E-state index contributed by atoms with van der Waals surface area (Å²) in [5, 5.41) is 0.683. The highest BCUT2D eigenvalue weighted by Gasteiger charge is 2.25. The monoisotopic (exact) mass is 281 g/mol. The topological polar surface area (TPSA) is 71.4 Å². The van der Waals surface area contributed by atoms with E-state index in [1.807, 2.05) is 29.1 Å². The third-order valence-corrected chi connectivity index (χ3v) is 3.05. The number of carbonyl (C=O) groups excluding carboxylic acids is 3. The quantitative estimate of drug-likeness (QED) is 0.855. The summed E-state index contributed by atoms with van der Waals surface area (Å²) in [6.07, 6.45) is 6.00. The zero-order valence-corrected chi connectivity index (χ0v) is 10.9. The summed E-state index contributed by atoms with van der Waals surface area (Å²) in [5.74, 6) is -1.63. The molecular weight excluding hydrogens is 270 g/mol. The van der Waals surface area contributed by atoms with Crippen molar-refractivity contribution in [3.63, 3.8) is 0 Å². The van der Waals surface area contributed by atoms with Crippen molar-refractivity contribution in [2.75, 3.05) is 0 Å². The van der Waals surface area contributed by atoms with Crippen molar-refractivity contribution in [3.8, 4) is 5.69 Å². The Kier molecular flexibility index (Phi) is 3.12. The number of hydrogen-bond donors (Lipinski definition) is 1. The molecule has 1 N–H and O–H groups in total. The van der Waals surface area contributed by atoms with Crippen molar-refractivity contribution in [2.24, 2.45) is 0 Å². The molecule has 0 unspecified atom stereocenters. The van der Waals surface area contributed by atoms with Crippen LogP contribution >= 0.6 is 0 Å². The molecule has 0 bridgehead atoms. The van der Waals surface area contributed by atoms with Crippen LogP contribution in [0.4, 0.5) is 0 Å². The van der Waals surface area contributed by atoms with Crippen molar-refractivity contribution in [3.05, 3.63) is 66.5 Å². The van der Waals surface area contributed by atoms with Crippen molar-refractivity contribution in [2.45, 2.75) is 0 Å². The molecule has 1 aromatic heterocycles. The van der Waals surface area contributed by atoms with Crippen LogP contribution in [0.5, 0.6) is 0 Å². The molecule has 1 aromatic carbocycles. The molecule has 0 spiro atoms. The zero-order valence-electron chi connectivity index (χ0n) is 10.9. The minimum absolute atomic E-state index is 0.360. The average molecular weight is 281 g/mol. The van der Waals surface area contributed by atoms with Gasteiger partial charge in [0.05, 0.1) is 0 Å². The van der Waals surface area contributed by atoms with Gasteiger partial charge in [-0.1, -0.05) is 0 Å². The van der Waals surface area contributed by atoms with Crippen LogP contribution in [-0.4, -0.2) is 27.3 Å². The lowest BCUT2D eigenvalue weighted by molar-refractivity contribution is -0.139. The summed E-state index contributed by atoms with van der Waals surface area (Å²) in [7, 11) is 0. The van der Waals surface area contributed by atoms with Crippen LogP contribution in [0.2, 0.25) is 0 Å². The van der Waals surface area contributed by atoms with Crippen LogP contribution in [0.15, 0.2) is 60.9 Å². The van der Waals surface area contributed by atoms with Crippen LogP contribution < -0.4 is 5.43 Å². The van der Waals surface area contributed by atoms with Gasteiger partial charge in [0.25, 0.3) is 17.7 Å². The van der Waals surface area contributed by atoms with E-state index in [-0.39, 0.29) is 0 Å². The lowest BCUT2D eigenvalue weighted by Crippen LogP contribution is -2.45. The van der Waals surface area contributed by atoms with E-state index in [1.165, 1.54) is 0 Å². The van der Waals surface area contributed by atoms with E-state index in [9.17, 15) is 14.4 Å². The van der Waals surface area contributed by atoms with Gasteiger partial charge in [-0.25, -0.2) is 0 Å². The van der Waals surface area contributed by atoms with E-state index < -0.39 is 17.7 Å². The van der Waals surface area contributed by atoms with Gasteiger partial charge >= 0.3 is 0 Å². The molecule has 1 aliphatic heterocycles. The highest BCUT2D eigenvalue weighted by atomic mass is 16.2. The fourth-order valence-electron chi connectivity index (χ4n) is 1.97. The van der Waals surface area contributed by atoms with Crippen LogP contribution in [-0.2, 0) is 9.59 Å². The Bertz CT molecular complexity index is 712. The van der Waals surface area contributed by atoms with Gasteiger partial charge in [-0.2, -0.15) is 5.01 Å². The highest BCUT2D eigenvalue weighted by molar-refractivity contribution is 6.14. The first kappa shape index (κ1) is 12.9. The highest BCUT2D eigenvalue weighted by Crippen LogP contribution is 2.10. The molecule has 3 rings (SSSR count). The summed E-state index contributed by atoms with van der Waals surface area (Å²) in [6, 6.07) is 10.6. The van der Waals surface area contributed by atoms with Gasteiger partial charge in [-0.05, 0) is 36.4 Å². The maximum Gasteiger partial charge on any atom is 0.272 e. The molecule has 0 saturated carbocycles. The van der Waals surface area contributed by atoms with Gasteiger partial charge in [-0.15, -0.1) is 0 Å². The molecule has 0 atom stereocenters. The summed E-state index contributed by atoms with van der Waals surface area (Å²) in [5.41, 5.74) is 3.54. The Balaban J connectivity index is 1.74. The smallest absolute Gasteiger partial charge is 0.272 e. The van der Waals surface area contributed by atoms with Crippen molar-refractivity contribution in [1.29, 1.82) is 0 Å². The van der Waals surface area contributed by atoms with Crippen molar-refractivity contribution in [1.82, 2.24) is 15.0 Å². The van der Waals surface area contributed by atoms with Crippen LogP contribution in [0.25, 0.3) is 5.69 Å². The maximum atomic E-state index is 12.0. The zero-order chi connectivity index (χ0) is 14.8. The van der Waals surface area contributed by atoms with Crippen LogP contribution in [0.1, 0.15) is 10.4 Å². The molecule has 6 nitrogen and oxygen atoms in total. The number of aromatic nitrogens is 1. The number of nitrogens with one attached hydrogen (secondary N) is 1. The molecule has 6 heteroatoms. The third kappa shape index (κ3) is 2.46. The molecule has 1 aliphatic rings. The first-order chi connectivity index (χ1) is 10.1. The molecule has 2 aromatic rings. The number of imide groups is 1. The minimum Gasteiger partial charge on any atom is -0.324 e. The number of hydrazine groups is 1. The fraction of sp³-hybridized carbons (Fsp3) is 0. The number of nitrogens with zero attached hydrogens (tertiary/aromatic N) is 2. The standard InChI is InChI=1S/C15H11N3O3/c19-13-7-8-14(20)18(13)16-15(21)11-3-5-12(6-4-11)17-9-1-2-10-17/h1-10H,(H,16,21). The summed E-state index contributed by atoms with van der Waals surface area (Å²) < 4.78 is 1.90. The Labute approximate surface area is 120 Å². The molecule has 104 valence electrons. The molecule has 0 fully saturated rings. The Hall–Kier alpha value is -3.15. The van der Waals surface area contributed by atoms with E-state index in [0.717, 1.165) is 17.8 Å². The number of rotatable bonds is 3. The van der Waals surface area contributed by atoms with E-state index in [0.29, 0.717) is 10.6 Å². The molecule has 0 saturated heterocycles. The predicted octanol–water partition coefficient (Wildman–Crippen LogP) is 1.05. The summed E-state index contributed by atoms with van der Waals surface area (Å²) in [4.78, 5) is 34.7. The van der Waals surface area contributed by atoms with Gasteiger partial charge in [0.15, 0.2) is 0 Å². The second-order valence-electron chi connectivity index (χ2n) is 4.42.